The molecule has 132 valence electrons. The molecule has 0 aliphatic rings. The molecule has 0 bridgehead atoms. The number of hydrogen-bond acceptors (Lipinski definition) is 4. The lowest BCUT2D eigenvalue weighted by molar-refractivity contribution is 0.0847. The predicted octanol–water partition coefficient (Wildman–Crippen LogP) is 2.71. The van der Waals surface area contributed by atoms with Crippen molar-refractivity contribution in [2.24, 2.45) is 5.84 Å². The third kappa shape index (κ3) is 7.44. The molecule has 0 fully saturated rings. The van der Waals surface area contributed by atoms with Gasteiger partial charge in [-0.25, -0.2) is 5.43 Å². The summed E-state index contributed by atoms with van der Waals surface area (Å²) in [5.74, 6) is 5.45. The predicted molar refractivity (Wildman–Crippen MR) is 96.1 cm³/mol. The van der Waals surface area contributed by atoms with Gasteiger partial charge in [0, 0.05) is 0 Å². The number of benzene rings is 1. The number of aryl methyl sites for hydroxylation is 2. The van der Waals surface area contributed by atoms with Crippen LogP contribution in [0.2, 0.25) is 0 Å². The van der Waals surface area contributed by atoms with Gasteiger partial charge in [-0.1, -0.05) is 63.3 Å². The summed E-state index contributed by atoms with van der Waals surface area (Å²) in [5, 5.41) is 18.7. The Bertz CT molecular complexity index is 394. The third-order valence-electron chi connectivity index (χ3n) is 4.65. The van der Waals surface area contributed by atoms with E-state index >= 15 is 0 Å². The quantitative estimate of drug-likeness (QED) is 0.256. The van der Waals surface area contributed by atoms with Gasteiger partial charge in [0.1, 0.15) is 0 Å². The van der Waals surface area contributed by atoms with Crippen LogP contribution in [0.4, 0.5) is 0 Å². The van der Waals surface area contributed by atoms with Gasteiger partial charge in [0.2, 0.25) is 0 Å². The minimum Gasteiger partial charge on any atom is -0.394 e. The number of hydrogen-bond donors (Lipinski definition) is 4. The molecule has 23 heavy (non-hydrogen) atoms. The molecule has 0 aliphatic carbocycles. The molecule has 5 N–H and O–H groups in total. The van der Waals surface area contributed by atoms with E-state index in [4.69, 9.17) is 5.84 Å². The van der Waals surface area contributed by atoms with Gasteiger partial charge in [0.25, 0.3) is 0 Å². The number of nitrogens with one attached hydrogen (secondary N) is 1. The van der Waals surface area contributed by atoms with E-state index in [0.717, 1.165) is 12.8 Å². The van der Waals surface area contributed by atoms with E-state index in [1.807, 2.05) is 0 Å². The summed E-state index contributed by atoms with van der Waals surface area (Å²) in [6, 6.07) is 8.67. The van der Waals surface area contributed by atoms with Gasteiger partial charge in [0.15, 0.2) is 0 Å². The van der Waals surface area contributed by atoms with E-state index in [-0.39, 0.29) is 13.2 Å². The first-order chi connectivity index (χ1) is 11.2. The lowest BCUT2D eigenvalue weighted by atomic mass is 9.93. The summed E-state index contributed by atoms with van der Waals surface area (Å²) >= 11 is 0. The molecule has 4 nitrogen and oxygen atoms in total. The zero-order valence-corrected chi connectivity index (χ0v) is 14.6. The molecule has 0 unspecified atom stereocenters. The standard InChI is InChI=1S/C19H34N2O2/c1-2-3-4-5-6-7-8-17-9-11-18(12-10-17)13-14-19(15-22,16-23)21-20/h9-12,21-23H,2-8,13-16,20H2,1H3. The normalized spacial score (nSPS) is 11.8. The third-order valence-corrected chi connectivity index (χ3v) is 4.65. The van der Waals surface area contributed by atoms with Gasteiger partial charge in [-0.2, -0.15) is 0 Å². The second-order valence-electron chi connectivity index (χ2n) is 6.58. The van der Waals surface area contributed by atoms with Gasteiger partial charge in [-0.05, 0) is 36.8 Å². The summed E-state index contributed by atoms with van der Waals surface area (Å²) in [7, 11) is 0. The highest BCUT2D eigenvalue weighted by atomic mass is 16.3. The zero-order valence-electron chi connectivity index (χ0n) is 14.6. The van der Waals surface area contributed by atoms with Gasteiger partial charge in [-0.15, -0.1) is 0 Å². The van der Waals surface area contributed by atoms with Crippen LogP contribution in [0.25, 0.3) is 0 Å². The fourth-order valence-electron chi connectivity index (χ4n) is 2.74. The minimum atomic E-state index is -0.794. The molecule has 0 aromatic heterocycles. The van der Waals surface area contributed by atoms with E-state index in [1.54, 1.807) is 0 Å². The van der Waals surface area contributed by atoms with Crippen LogP contribution in [0.3, 0.4) is 0 Å². The van der Waals surface area contributed by atoms with Crippen molar-refractivity contribution in [1.29, 1.82) is 0 Å². The van der Waals surface area contributed by atoms with Crippen molar-refractivity contribution in [3.8, 4) is 0 Å². The maximum absolute atomic E-state index is 9.37. The molecular formula is C19H34N2O2. The molecule has 0 spiro atoms. The molecule has 0 radical (unpaired) electrons. The highest BCUT2D eigenvalue weighted by molar-refractivity contribution is 5.23. The molecule has 0 aliphatic heterocycles. The van der Waals surface area contributed by atoms with Crippen LogP contribution in [0.15, 0.2) is 24.3 Å². The van der Waals surface area contributed by atoms with Crippen molar-refractivity contribution in [3.63, 3.8) is 0 Å². The van der Waals surface area contributed by atoms with E-state index < -0.39 is 5.54 Å². The van der Waals surface area contributed by atoms with Crippen molar-refractivity contribution in [3.05, 3.63) is 35.4 Å². The Morgan fingerprint density at radius 3 is 1.91 bits per heavy atom. The summed E-state index contributed by atoms with van der Waals surface area (Å²) < 4.78 is 0. The molecule has 4 heteroatoms. The first-order valence-corrected chi connectivity index (χ1v) is 8.97. The first kappa shape index (κ1) is 20.1. The molecule has 1 rings (SSSR count). The molecular weight excluding hydrogens is 288 g/mol. The Labute approximate surface area is 141 Å². The average molecular weight is 322 g/mol. The Kier molecular flexibility index (Phi) is 10.1. The Balaban J connectivity index is 2.33. The van der Waals surface area contributed by atoms with Crippen molar-refractivity contribution >= 4 is 0 Å². The van der Waals surface area contributed by atoms with Gasteiger partial charge in [-0.3, -0.25) is 5.84 Å². The van der Waals surface area contributed by atoms with E-state index in [9.17, 15) is 10.2 Å². The van der Waals surface area contributed by atoms with E-state index in [0.29, 0.717) is 6.42 Å². The molecule has 0 atom stereocenters. The Morgan fingerprint density at radius 1 is 0.870 bits per heavy atom. The SMILES string of the molecule is CCCCCCCCc1ccc(CCC(CO)(CO)NN)cc1. The topological polar surface area (TPSA) is 78.5 Å². The second kappa shape index (κ2) is 11.6. The van der Waals surface area contributed by atoms with Crippen molar-refractivity contribution in [2.75, 3.05) is 13.2 Å². The lowest BCUT2D eigenvalue weighted by Gasteiger charge is -2.28. The lowest BCUT2D eigenvalue weighted by Crippen LogP contribution is -2.55. The van der Waals surface area contributed by atoms with Gasteiger partial charge < -0.3 is 10.2 Å². The van der Waals surface area contributed by atoms with Crippen LogP contribution in [-0.2, 0) is 12.8 Å². The highest BCUT2D eigenvalue weighted by Gasteiger charge is 2.26. The monoisotopic (exact) mass is 322 g/mol. The van der Waals surface area contributed by atoms with Crippen LogP contribution in [0.5, 0.6) is 0 Å². The Morgan fingerprint density at radius 2 is 1.39 bits per heavy atom. The fraction of sp³-hybridized carbons (Fsp3) is 0.684. The molecule has 0 saturated heterocycles. The summed E-state index contributed by atoms with van der Waals surface area (Å²) in [6.45, 7) is 1.91. The first-order valence-electron chi connectivity index (χ1n) is 8.97. The summed E-state index contributed by atoms with van der Waals surface area (Å²) in [5.41, 5.74) is 4.34. The molecule has 0 heterocycles. The Hall–Kier alpha value is -0.940. The molecule has 0 saturated carbocycles. The van der Waals surface area contributed by atoms with E-state index in [2.05, 4.69) is 36.6 Å². The number of aliphatic hydroxyl groups excluding tert-OH is 2. The van der Waals surface area contributed by atoms with Crippen molar-refractivity contribution < 1.29 is 10.2 Å². The number of rotatable bonds is 13. The zero-order chi connectivity index (χ0) is 17.0. The highest BCUT2D eigenvalue weighted by Crippen LogP contribution is 2.15. The van der Waals surface area contributed by atoms with Gasteiger partial charge in [0.05, 0.1) is 18.8 Å². The maximum atomic E-state index is 9.37. The number of hydrazine groups is 1. The average Bonchev–Trinajstić information content (AvgIpc) is 2.61. The molecule has 1 aromatic rings. The smallest absolute Gasteiger partial charge is 0.0784 e. The number of nitrogens with two attached hydrogens (primary N) is 1. The fourth-order valence-corrected chi connectivity index (χ4v) is 2.74. The second-order valence-corrected chi connectivity index (χ2v) is 6.58. The summed E-state index contributed by atoms with van der Waals surface area (Å²) in [4.78, 5) is 0. The van der Waals surface area contributed by atoms with Crippen LogP contribution in [0, 0.1) is 0 Å². The number of unbranched alkanes of at least 4 members (excludes halogenated alkanes) is 5. The van der Waals surface area contributed by atoms with Crippen LogP contribution in [0.1, 0.15) is 63.0 Å². The summed E-state index contributed by atoms with van der Waals surface area (Å²) in [6.07, 6.45) is 10.5. The van der Waals surface area contributed by atoms with Crippen LogP contribution < -0.4 is 11.3 Å². The largest absolute Gasteiger partial charge is 0.394 e. The minimum absolute atomic E-state index is 0.171. The van der Waals surface area contributed by atoms with Gasteiger partial charge >= 0.3 is 0 Å². The molecule has 0 amide bonds. The van der Waals surface area contributed by atoms with Crippen LogP contribution in [-0.4, -0.2) is 29.0 Å². The van der Waals surface area contributed by atoms with Crippen molar-refractivity contribution in [1.82, 2.24) is 5.43 Å². The maximum Gasteiger partial charge on any atom is 0.0784 e. The number of aliphatic hydroxyl groups is 2. The molecule has 1 aromatic carbocycles. The van der Waals surface area contributed by atoms with Crippen LogP contribution >= 0.6 is 0 Å². The van der Waals surface area contributed by atoms with E-state index in [1.165, 1.54) is 49.7 Å². The van der Waals surface area contributed by atoms with Crippen molar-refractivity contribution in [2.45, 2.75) is 70.3 Å².